The molecule has 4 rings (SSSR count). The third-order valence-corrected chi connectivity index (χ3v) is 4.64. The van der Waals surface area contributed by atoms with Gasteiger partial charge in [-0.2, -0.15) is 9.61 Å². The highest BCUT2D eigenvalue weighted by Gasteiger charge is 2.12. The molecule has 6 nitrogen and oxygen atoms in total. The lowest BCUT2D eigenvalue weighted by Crippen LogP contribution is -2.24. The Kier molecular flexibility index (Phi) is 4.57. The minimum absolute atomic E-state index is 0.154. The average molecular weight is 375 g/mol. The summed E-state index contributed by atoms with van der Waals surface area (Å²) < 4.78 is 14.6. The van der Waals surface area contributed by atoms with Crippen LogP contribution in [-0.2, 0) is 6.54 Å². The summed E-state index contributed by atoms with van der Waals surface area (Å²) in [6, 6.07) is 15.3. The second-order valence-electron chi connectivity index (χ2n) is 6.59. The van der Waals surface area contributed by atoms with Crippen molar-refractivity contribution in [2.75, 3.05) is 0 Å². The van der Waals surface area contributed by atoms with Crippen molar-refractivity contribution in [1.82, 2.24) is 25.1 Å². The van der Waals surface area contributed by atoms with Crippen LogP contribution in [0.1, 0.15) is 27.3 Å². The minimum atomic E-state index is -0.386. The van der Waals surface area contributed by atoms with Gasteiger partial charge in [0.1, 0.15) is 5.82 Å². The van der Waals surface area contributed by atoms with Crippen LogP contribution in [0, 0.1) is 19.7 Å². The monoisotopic (exact) mass is 375 g/mol. The normalized spacial score (nSPS) is 11.0. The molecule has 1 N–H and O–H groups in total. The molecule has 0 aliphatic heterocycles. The predicted molar refractivity (Wildman–Crippen MR) is 103 cm³/mol. The van der Waals surface area contributed by atoms with Gasteiger partial charge in [-0.15, -0.1) is 10.2 Å². The van der Waals surface area contributed by atoms with Gasteiger partial charge in [-0.25, -0.2) is 4.39 Å². The number of carbonyl (C=O) groups is 1. The summed E-state index contributed by atoms with van der Waals surface area (Å²) in [5.41, 5.74) is 5.17. The highest BCUT2D eigenvalue weighted by molar-refractivity contribution is 5.94. The fourth-order valence-corrected chi connectivity index (χ4v) is 2.86. The minimum Gasteiger partial charge on any atom is -0.345 e. The first-order valence-corrected chi connectivity index (χ1v) is 8.84. The molecule has 0 radical (unpaired) electrons. The van der Waals surface area contributed by atoms with Gasteiger partial charge < -0.3 is 5.32 Å². The van der Waals surface area contributed by atoms with Crippen LogP contribution in [-0.4, -0.2) is 25.7 Å². The average Bonchev–Trinajstić information content (AvgIpc) is 3.11. The van der Waals surface area contributed by atoms with E-state index in [0.29, 0.717) is 17.0 Å². The van der Waals surface area contributed by atoms with Gasteiger partial charge in [0.15, 0.2) is 11.5 Å². The Balaban J connectivity index is 1.58. The second kappa shape index (κ2) is 7.19. The maximum atomic E-state index is 13.0. The summed E-state index contributed by atoms with van der Waals surface area (Å²) in [7, 11) is 0. The summed E-state index contributed by atoms with van der Waals surface area (Å²) in [5.74, 6) is -0.193. The van der Waals surface area contributed by atoms with E-state index in [9.17, 15) is 9.18 Å². The lowest BCUT2D eigenvalue weighted by Gasteiger charge is -2.07. The summed E-state index contributed by atoms with van der Waals surface area (Å²) in [6.07, 6.45) is 0. The number of carbonyl (C=O) groups excluding carboxylic acids is 1. The molecule has 0 fully saturated rings. The van der Waals surface area contributed by atoms with Gasteiger partial charge in [-0.05, 0) is 67.4 Å². The molecule has 7 heteroatoms. The maximum Gasteiger partial charge on any atom is 0.251 e. The zero-order valence-corrected chi connectivity index (χ0v) is 15.5. The van der Waals surface area contributed by atoms with Crippen LogP contribution in [0.3, 0.4) is 0 Å². The van der Waals surface area contributed by atoms with Crippen molar-refractivity contribution in [3.63, 3.8) is 0 Å². The zero-order chi connectivity index (χ0) is 19.7. The predicted octanol–water partition coefficient (Wildman–Crippen LogP) is 3.48. The Morgan fingerprint density at radius 1 is 1.00 bits per heavy atom. The fraction of sp³-hybridized carbons (Fsp3) is 0.143. The number of benzene rings is 2. The smallest absolute Gasteiger partial charge is 0.251 e. The van der Waals surface area contributed by atoms with Crippen LogP contribution in [0.4, 0.5) is 4.39 Å². The zero-order valence-electron chi connectivity index (χ0n) is 15.5. The van der Waals surface area contributed by atoms with Gasteiger partial charge in [-0.1, -0.05) is 12.1 Å². The largest absolute Gasteiger partial charge is 0.345 e. The lowest BCUT2D eigenvalue weighted by atomic mass is 10.0. The first-order valence-electron chi connectivity index (χ1n) is 8.84. The van der Waals surface area contributed by atoms with Gasteiger partial charge in [0, 0.05) is 11.1 Å². The molecule has 0 unspecified atom stereocenters. The van der Waals surface area contributed by atoms with E-state index in [0.717, 1.165) is 11.3 Å². The van der Waals surface area contributed by atoms with E-state index in [1.807, 2.05) is 18.2 Å². The Bertz CT molecular complexity index is 1170. The number of amides is 1. The van der Waals surface area contributed by atoms with E-state index in [-0.39, 0.29) is 18.3 Å². The van der Waals surface area contributed by atoms with E-state index in [1.165, 1.54) is 35.4 Å². The molecule has 1 amide bonds. The van der Waals surface area contributed by atoms with E-state index in [1.54, 1.807) is 4.52 Å². The topological polar surface area (TPSA) is 72.2 Å². The number of rotatable bonds is 4. The number of fused-ring (bicyclic) bond motifs is 1. The molecule has 2 heterocycles. The molecule has 0 atom stereocenters. The summed E-state index contributed by atoms with van der Waals surface area (Å²) in [6.45, 7) is 4.28. The summed E-state index contributed by atoms with van der Waals surface area (Å²) in [5, 5.41) is 15.6. The Labute approximate surface area is 161 Å². The highest BCUT2D eigenvalue weighted by atomic mass is 19.1. The SMILES string of the molecule is Cc1ccc(-c2ccc3nnc(CNC(=O)c4ccc(F)cc4)n3n2)cc1C. The first-order chi connectivity index (χ1) is 13.5. The van der Waals surface area contributed by atoms with E-state index >= 15 is 0 Å². The van der Waals surface area contributed by atoms with Gasteiger partial charge in [0.25, 0.3) is 5.91 Å². The van der Waals surface area contributed by atoms with E-state index < -0.39 is 0 Å². The quantitative estimate of drug-likeness (QED) is 0.593. The van der Waals surface area contributed by atoms with Crippen molar-refractivity contribution in [3.8, 4) is 11.3 Å². The molecule has 0 aliphatic carbocycles. The molecule has 140 valence electrons. The molecule has 0 bridgehead atoms. The van der Waals surface area contributed by atoms with Crippen molar-refractivity contribution in [2.45, 2.75) is 20.4 Å². The number of aryl methyl sites for hydroxylation is 2. The third-order valence-electron chi connectivity index (χ3n) is 4.64. The van der Waals surface area contributed by atoms with Gasteiger partial charge in [0.2, 0.25) is 0 Å². The summed E-state index contributed by atoms with van der Waals surface area (Å²) in [4.78, 5) is 12.2. The number of hydrogen-bond acceptors (Lipinski definition) is 4. The van der Waals surface area contributed by atoms with E-state index in [2.05, 4.69) is 46.6 Å². The molecule has 2 aromatic carbocycles. The molecular weight excluding hydrogens is 357 g/mol. The second-order valence-corrected chi connectivity index (χ2v) is 6.59. The lowest BCUT2D eigenvalue weighted by molar-refractivity contribution is 0.0949. The molecule has 0 saturated carbocycles. The van der Waals surface area contributed by atoms with Crippen LogP contribution < -0.4 is 5.32 Å². The number of nitrogens with zero attached hydrogens (tertiary/aromatic N) is 4. The van der Waals surface area contributed by atoms with Gasteiger partial charge in [0.05, 0.1) is 12.2 Å². The fourth-order valence-electron chi connectivity index (χ4n) is 2.86. The van der Waals surface area contributed by atoms with Crippen molar-refractivity contribution < 1.29 is 9.18 Å². The third kappa shape index (κ3) is 3.46. The Hall–Kier alpha value is -3.61. The molecule has 0 spiro atoms. The van der Waals surface area contributed by atoms with Crippen molar-refractivity contribution in [3.05, 3.63) is 82.9 Å². The van der Waals surface area contributed by atoms with E-state index in [4.69, 9.17) is 0 Å². The maximum absolute atomic E-state index is 13.0. The number of halogens is 1. The van der Waals surface area contributed by atoms with Crippen LogP contribution in [0.15, 0.2) is 54.6 Å². The first kappa shape index (κ1) is 17.8. The molecule has 28 heavy (non-hydrogen) atoms. The van der Waals surface area contributed by atoms with Crippen molar-refractivity contribution in [2.24, 2.45) is 0 Å². The number of nitrogens with one attached hydrogen (secondary N) is 1. The van der Waals surface area contributed by atoms with Gasteiger partial charge >= 0.3 is 0 Å². The Morgan fingerprint density at radius 3 is 2.54 bits per heavy atom. The van der Waals surface area contributed by atoms with Crippen LogP contribution in [0.5, 0.6) is 0 Å². The van der Waals surface area contributed by atoms with Crippen molar-refractivity contribution >= 4 is 11.6 Å². The molecular formula is C21H18FN5O. The molecule has 0 saturated heterocycles. The highest BCUT2D eigenvalue weighted by Crippen LogP contribution is 2.20. The molecule has 0 aliphatic rings. The molecule has 4 aromatic rings. The van der Waals surface area contributed by atoms with Crippen LogP contribution >= 0.6 is 0 Å². The van der Waals surface area contributed by atoms with Crippen molar-refractivity contribution in [1.29, 1.82) is 0 Å². The number of aromatic nitrogens is 4. The van der Waals surface area contributed by atoms with Gasteiger partial charge in [-0.3, -0.25) is 4.79 Å². The van der Waals surface area contributed by atoms with Crippen LogP contribution in [0.25, 0.3) is 16.9 Å². The summed E-state index contributed by atoms with van der Waals surface area (Å²) >= 11 is 0. The Morgan fingerprint density at radius 2 is 1.79 bits per heavy atom. The number of hydrogen-bond donors (Lipinski definition) is 1. The molecule has 2 aromatic heterocycles. The van der Waals surface area contributed by atoms with Crippen LogP contribution in [0.2, 0.25) is 0 Å². The standard InChI is InChI=1S/C21H18FN5O/c1-13-3-4-16(11-14(13)2)18-9-10-19-24-25-20(27(19)26-18)12-23-21(28)15-5-7-17(22)8-6-15/h3-11H,12H2,1-2H3,(H,23,28).